The number of aryl methyl sites for hydroxylation is 1. The lowest BCUT2D eigenvalue weighted by molar-refractivity contribution is -0.137. The minimum absolute atomic E-state index is 0.177. The van der Waals surface area contributed by atoms with Crippen LogP contribution in [0, 0.1) is 6.92 Å². The molecule has 34 heavy (non-hydrogen) atoms. The second-order valence-electron chi connectivity index (χ2n) is 7.28. The molecular formula is C23H20ClF3N2O3S2. The minimum atomic E-state index is -4.73. The van der Waals surface area contributed by atoms with Crippen LogP contribution in [0.2, 0.25) is 5.02 Å². The fourth-order valence-electron chi connectivity index (χ4n) is 2.86. The molecule has 0 aliphatic carbocycles. The quantitative estimate of drug-likeness (QED) is 0.323. The summed E-state index contributed by atoms with van der Waals surface area (Å²) < 4.78 is 66.3. The summed E-state index contributed by atoms with van der Waals surface area (Å²) in [7, 11) is -4.16. The molecule has 1 amide bonds. The van der Waals surface area contributed by atoms with Gasteiger partial charge >= 0.3 is 6.18 Å². The van der Waals surface area contributed by atoms with Gasteiger partial charge in [-0.3, -0.25) is 9.52 Å². The van der Waals surface area contributed by atoms with Crippen LogP contribution in [0.5, 0.6) is 0 Å². The minimum Gasteiger partial charge on any atom is -0.326 e. The summed E-state index contributed by atoms with van der Waals surface area (Å²) in [6.45, 7) is 2.00. The molecule has 0 aliphatic heterocycles. The zero-order valence-electron chi connectivity index (χ0n) is 17.8. The van der Waals surface area contributed by atoms with Crippen molar-refractivity contribution in [2.75, 3.05) is 15.8 Å². The summed E-state index contributed by atoms with van der Waals surface area (Å²) in [5.41, 5.74) is 0.130. The Labute approximate surface area is 204 Å². The Bertz CT molecular complexity index is 1260. The number of carbonyl (C=O) groups is 1. The van der Waals surface area contributed by atoms with Crippen LogP contribution in [-0.2, 0) is 21.0 Å². The Morgan fingerprint density at radius 3 is 2.21 bits per heavy atom. The molecule has 0 radical (unpaired) electrons. The van der Waals surface area contributed by atoms with Crippen LogP contribution < -0.4 is 10.0 Å². The smallest absolute Gasteiger partial charge is 0.326 e. The lowest BCUT2D eigenvalue weighted by Gasteiger charge is -2.13. The number of thioether (sulfide) groups is 1. The maximum Gasteiger partial charge on any atom is 0.417 e. The molecule has 3 rings (SSSR count). The predicted molar refractivity (Wildman–Crippen MR) is 129 cm³/mol. The zero-order valence-corrected chi connectivity index (χ0v) is 20.2. The third kappa shape index (κ3) is 7.15. The Morgan fingerprint density at radius 1 is 0.971 bits per heavy atom. The topological polar surface area (TPSA) is 75.3 Å². The van der Waals surface area contributed by atoms with Crippen molar-refractivity contribution in [3.05, 3.63) is 82.9 Å². The van der Waals surface area contributed by atoms with Crippen LogP contribution in [0.1, 0.15) is 17.5 Å². The Morgan fingerprint density at radius 2 is 1.59 bits per heavy atom. The maximum atomic E-state index is 13.0. The van der Waals surface area contributed by atoms with Crippen molar-refractivity contribution in [2.24, 2.45) is 0 Å². The van der Waals surface area contributed by atoms with E-state index in [4.69, 9.17) is 11.6 Å². The predicted octanol–water partition coefficient (Wildman–Crippen LogP) is 6.59. The first-order valence-electron chi connectivity index (χ1n) is 9.93. The molecule has 0 bridgehead atoms. The van der Waals surface area contributed by atoms with Gasteiger partial charge in [0.05, 0.1) is 15.5 Å². The van der Waals surface area contributed by atoms with Gasteiger partial charge in [0.15, 0.2) is 0 Å². The number of amides is 1. The molecule has 3 aromatic rings. The zero-order chi connectivity index (χ0) is 24.9. The van der Waals surface area contributed by atoms with Crippen molar-refractivity contribution in [1.82, 2.24) is 0 Å². The van der Waals surface area contributed by atoms with E-state index in [9.17, 15) is 26.4 Å². The summed E-state index contributed by atoms with van der Waals surface area (Å²) in [4.78, 5) is 13.0. The first kappa shape index (κ1) is 25.9. The molecule has 2 N–H and O–H groups in total. The molecule has 0 aliphatic rings. The van der Waals surface area contributed by atoms with E-state index in [0.717, 1.165) is 22.6 Å². The van der Waals surface area contributed by atoms with Gasteiger partial charge in [-0.2, -0.15) is 13.2 Å². The SMILES string of the molecule is Cc1ccc(SCCC(=O)Nc2ccc(S(=O)(=O)Nc3ccc(Cl)c(C(F)(F)F)c3)cc2)cc1. The van der Waals surface area contributed by atoms with Crippen molar-refractivity contribution in [2.45, 2.75) is 29.3 Å². The highest BCUT2D eigenvalue weighted by atomic mass is 35.5. The van der Waals surface area contributed by atoms with Crippen LogP contribution in [0.3, 0.4) is 0 Å². The molecule has 0 saturated carbocycles. The van der Waals surface area contributed by atoms with E-state index < -0.39 is 26.8 Å². The number of sulfonamides is 1. The van der Waals surface area contributed by atoms with Crippen molar-refractivity contribution < 1.29 is 26.4 Å². The number of rotatable bonds is 8. The monoisotopic (exact) mass is 528 g/mol. The van der Waals surface area contributed by atoms with Crippen molar-refractivity contribution in [3.8, 4) is 0 Å². The van der Waals surface area contributed by atoms with E-state index in [2.05, 4.69) is 10.0 Å². The standard InChI is InChI=1S/C23H20ClF3N2O3S2/c1-15-2-7-18(8-3-15)33-13-12-22(30)28-16-4-9-19(10-5-16)34(31,32)29-17-6-11-21(24)20(14-17)23(25,26)27/h2-11,14,29H,12-13H2,1H3,(H,28,30). The number of halogens is 4. The van der Waals surface area contributed by atoms with Crippen LogP contribution in [0.4, 0.5) is 24.5 Å². The molecule has 5 nitrogen and oxygen atoms in total. The number of nitrogens with one attached hydrogen (secondary N) is 2. The van der Waals surface area contributed by atoms with E-state index in [1.807, 2.05) is 31.2 Å². The van der Waals surface area contributed by atoms with E-state index in [0.29, 0.717) is 17.5 Å². The highest BCUT2D eigenvalue weighted by molar-refractivity contribution is 7.99. The van der Waals surface area contributed by atoms with E-state index in [1.165, 1.54) is 24.3 Å². The average molecular weight is 529 g/mol. The van der Waals surface area contributed by atoms with Crippen molar-refractivity contribution >= 4 is 50.7 Å². The van der Waals surface area contributed by atoms with Gasteiger partial charge in [0.2, 0.25) is 5.91 Å². The van der Waals surface area contributed by atoms with Crippen molar-refractivity contribution in [1.29, 1.82) is 0 Å². The molecule has 0 atom stereocenters. The second-order valence-corrected chi connectivity index (χ2v) is 10.5. The van der Waals surface area contributed by atoms with Crippen molar-refractivity contribution in [3.63, 3.8) is 0 Å². The van der Waals surface area contributed by atoms with Crippen LogP contribution >= 0.6 is 23.4 Å². The number of anilines is 2. The number of hydrogen-bond donors (Lipinski definition) is 2. The van der Waals surface area contributed by atoms with Gasteiger partial charge in [-0.05, 0) is 61.5 Å². The van der Waals surface area contributed by atoms with E-state index in [1.54, 1.807) is 11.8 Å². The normalized spacial score (nSPS) is 11.8. The maximum absolute atomic E-state index is 13.0. The highest BCUT2D eigenvalue weighted by Crippen LogP contribution is 2.36. The van der Waals surface area contributed by atoms with Gasteiger partial charge in [0.1, 0.15) is 0 Å². The van der Waals surface area contributed by atoms with Crippen LogP contribution in [0.15, 0.2) is 76.5 Å². The highest BCUT2D eigenvalue weighted by Gasteiger charge is 2.33. The lowest BCUT2D eigenvalue weighted by Crippen LogP contribution is -2.15. The number of hydrogen-bond acceptors (Lipinski definition) is 4. The molecule has 0 aromatic heterocycles. The molecule has 3 aromatic carbocycles. The van der Waals surface area contributed by atoms with E-state index >= 15 is 0 Å². The molecule has 0 unspecified atom stereocenters. The van der Waals surface area contributed by atoms with Gasteiger partial charge < -0.3 is 5.32 Å². The third-order valence-electron chi connectivity index (χ3n) is 4.59. The summed E-state index contributed by atoms with van der Waals surface area (Å²) in [5.74, 6) is 0.348. The van der Waals surface area contributed by atoms with E-state index in [-0.39, 0.29) is 22.9 Å². The number of alkyl halides is 3. The Kier molecular flexibility index (Phi) is 8.17. The fraction of sp³-hybridized carbons (Fsp3) is 0.174. The summed E-state index contributed by atoms with van der Waals surface area (Å²) >= 11 is 7.11. The molecule has 0 saturated heterocycles. The Hall–Kier alpha value is -2.69. The third-order valence-corrected chi connectivity index (χ3v) is 7.33. The largest absolute Gasteiger partial charge is 0.417 e. The first-order chi connectivity index (χ1) is 15.9. The van der Waals surface area contributed by atoms with Gasteiger partial charge in [-0.25, -0.2) is 8.42 Å². The number of benzene rings is 3. The summed E-state index contributed by atoms with van der Waals surface area (Å²) in [6, 6.07) is 16.0. The van der Waals surface area contributed by atoms with Gasteiger partial charge in [-0.1, -0.05) is 29.3 Å². The van der Waals surface area contributed by atoms with Crippen LogP contribution in [0.25, 0.3) is 0 Å². The fourth-order valence-corrected chi connectivity index (χ4v) is 4.98. The molecule has 0 heterocycles. The first-order valence-corrected chi connectivity index (χ1v) is 12.8. The Balaban J connectivity index is 1.58. The molecular weight excluding hydrogens is 509 g/mol. The lowest BCUT2D eigenvalue weighted by atomic mass is 10.2. The van der Waals surface area contributed by atoms with Gasteiger partial charge in [0, 0.05) is 28.4 Å². The summed E-state index contributed by atoms with van der Waals surface area (Å²) in [6.07, 6.45) is -4.46. The summed E-state index contributed by atoms with van der Waals surface area (Å²) in [5, 5.41) is 2.15. The molecule has 180 valence electrons. The molecule has 0 fully saturated rings. The number of carbonyl (C=O) groups excluding carboxylic acids is 1. The van der Waals surface area contributed by atoms with Gasteiger partial charge in [-0.15, -0.1) is 11.8 Å². The van der Waals surface area contributed by atoms with Crippen LogP contribution in [-0.4, -0.2) is 20.1 Å². The molecule has 0 spiro atoms. The average Bonchev–Trinajstić information content (AvgIpc) is 2.76. The van der Waals surface area contributed by atoms with Gasteiger partial charge in [0.25, 0.3) is 10.0 Å². The second kappa shape index (κ2) is 10.7. The molecule has 11 heteroatoms.